The number of hydrogen-bond donors (Lipinski definition) is 1. The van der Waals surface area contributed by atoms with Crippen LogP contribution in [-0.2, 0) is 9.53 Å². The number of nitrogens with zero attached hydrogens (tertiary/aromatic N) is 2. The van der Waals surface area contributed by atoms with Crippen LogP contribution in [0.1, 0.15) is 39.9 Å². The molecule has 0 aromatic carbocycles. The van der Waals surface area contributed by atoms with Gasteiger partial charge in [0.15, 0.2) is 5.69 Å². The minimum atomic E-state index is -0.337. The van der Waals surface area contributed by atoms with Gasteiger partial charge < -0.3 is 14.1 Å². The molecule has 0 aliphatic carbocycles. The van der Waals surface area contributed by atoms with E-state index in [-0.39, 0.29) is 35.4 Å². The molecule has 138 valence electrons. The first-order chi connectivity index (χ1) is 12.6. The Labute approximate surface area is 154 Å². The van der Waals surface area contributed by atoms with Crippen molar-refractivity contribution in [3.05, 3.63) is 34.3 Å². The molecule has 3 heterocycles. The standard InChI is InChI=1S/C17H19N3O5S/c1-2-24-16(23)11-5-7-20(8-6-11)15(22)12-10-25-17(18-12)19-14(21)13-4-3-9-26-13/h3-4,9-11H,2,5-8H2,1H3,(H,18,19,21). The molecule has 0 spiro atoms. The van der Waals surface area contributed by atoms with Crippen molar-refractivity contribution >= 4 is 35.1 Å². The van der Waals surface area contributed by atoms with E-state index in [9.17, 15) is 14.4 Å². The third kappa shape index (κ3) is 4.10. The van der Waals surface area contributed by atoms with Crippen molar-refractivity contribution in [2.24, 2.45) is 5.92 Å². The maximum Gasteiger partial charge on any atom is 0.309 e. The molecule has 3 rings (SSSR count). The third-order valence-electron chi connectivity index (χ3n) is 4.09. The first-order valence-corrected chi connectivity index (χ1v) is 9.22. The van der Waals surface area contributed by atoms with Gasteiger partial charge in [0.2, 0.25) is 0 Å². The number of thiophene rings is 1. The molecule has 0 saturated carbocycles. The zero-order chi connectivity index (χ0) is 18.5. The molecule has 0 bridgehead atoms. The highest BCUT2D eigenvalue weighted by atomic mass is 32.1. The van der Waals surface area contributed by atoms with E-state index in [4.69, 9.17) is 9.15 Å². The second-order valence-corrected chi connectivity index (χ2v) is 6.74. The zero-order valence-corrected chi connectivity index (χ0v) is 15.1. The van der Waals surface area contributed by atoms with E-state index < -0.39 is 0 Å². The number of rotatable bonds is 5. The monoisotopic (exact) mass is 377 g/mol. The maximum atomic E-state index is 12.5. The number of hydrogen-bond acceptors (Lipinski definition) is 7. The van der Waals surface area contributed by atoms with Crippen LogP contribution in [0.15, 0.2) is 28.2 Å². The number of nitrogens with one attached hydrogen (secondary N) is 1. The molecule has 2 amide bonds. The van der Waals surface area contributed by atoms with Gasteiger partial charge >= 0.3 is 12.0 Å². The molecule has 8 nitrogen and oxygen atoms in total. The Morgan fingerprint density at radius 2 is 2.15 bits per heavy atom. The maximum absolute atomic E-state index is 12.5. The lowest BCUT2D eigenvalue weighted by Crippen LogP contribution is -2.40. The summed E-state index contributed by atoms with van der Waals surface area (Å²) < 4.78 is 10.2. The fraction of sp³-hybridized carbons (Fsp3) is 0.412. The molecule has 1 saturated heterocycles. The average Bonchev–Trinajstić information content (AvgIpc) is 3.33. The fourth-order valence-corrected chi connectivity index (χ4v) is 3.36. The quantitative estimate of drug-likeness (QED) is 0.803. The molecule has 26 heavy (non-hydrogen) atoms. The highest BCUT2D eigenvalue weighted by Crippen LogP contribution is 2.21. The largest absolute Gasteiger partial charge is 0.466 e. The smallest absolute Gasteiger partial charge is 0.309 e. The number of piperidine rings is 1. The van der Waals surface area contributed by atoms with Gasteiger partial charge in [-0.2, -0.15) is 4.98 Å². The van der Waals surface area contributed by atoms with E-state index in [2.05, 4.69) is 10.3 Å². The number of amides is 2. The van der Waals surface area contributed by atoms with Gasteiger partial charge in [-0.1, -0.05) is 6.07 Å². The minimum Gasteiger partial charge on any atom is -0.466 e. The van der Waals surface area contributed by atoms with Gasteiger partial charge in [-0.15, -0.1) is 11.3 Å². The van der Waals surface area contributed by atoms with Gasteiger partial charge in [0, 0.05) is 13.1 Å². The normalized spacial score (nSPS) is 14.9. The molecule has 1 aliphatic rings. The highest BCUT2D eigenvalue weighted by molar-refractivity contribution is 7.12. The summed E-state index contributed by atoms with van der Waals surface area (Å²) in [5.41, 5.74) is 0.126. The molecule has 2 aromatic heterocycles. The molecule has 1 N–H and O–H groups in total. The summed E-state index contributed by atoms with van der Waals surface area (Å²) in [4.78, 5) is 42.4. The molecule has 1 aliphatic heterocycles. The molecule has 0 radical (unpaired) electrons. The minimum absolute atomic E-state index is 0.0202. The Hall–Kier alpha value is -2.68. The number of esters is 1. The molecular formula is C17H19N3O5S. The molecule has 1 fully saturated rings. The number of anilines is 1. The van der Waals surface area contributed by atoms with Crippen molar-refractivity contribution < 1.29 is 23.5 Å². The molecule has 0 unspecified atom stereocenters. The summed E-state index contributed by atoms with van der Waals surface area (Å²) in [7, 11) is 0. The predicted molar refractivity (Wildman–Crippen MR) is 94.0 cm³/mol. The van der Waals surface area contributed by atoms with Crippen LogP contribution >= 0.6 is 11.3 Å². The van der Waals surface area contributed by atoms with E-state index in [1.807, 2.05) is 0 Å². The van der Waals surface area contributed by atoms with E-state index in [1.165, 1.54) is 17.6 Å². The number of aromatic nitrogens is 1. The Bertz CT molecular complexity index is 778. The Balaban J connectivity index is 1.55. The number of carbonyl (C=O) groups is 3. The topological polar surface area (TPSA) is 102 Å². The van der Waals surface area contributed by atoms with Crippen LogP contribution in [0.5, 0.6) is 0 Å². The zero-order valence-electron chi connectivity index (χ0n) is 14.3. The van der Waals surface area contributed by atoms with Crippen LogP contribution in [0.25, 0.3) is 0 Å². The number of carbonyl (C=O) groups excluding carboxylic acids is 3. The van der Waals surface area contributed by atoms with E-state index in [1.54, 1.807) is 29.3 Å². The number of likely N-dealkylation sites (tertiary alicyclic amines) is 1. The lowest BCUT2D eigenvalue weighted by atomic mass is 9.97. The van der Waals surface area contributed by atoms with Crippen molar-refractivity contribution in [3.8, 4) is 0 Å². The Kier molecular flexibility index (Phi) is 5.67. The predicted octanol–water partition coefficient (Wildman–Crippen LogP) is 2.40. The average molecular weight is 377 g/mol. The number of oxazole rings is 1. The van der Waals surface area contributed by atoms with Gasteiger partial charge in [0.05, 0.1) is 17.4 Å². The highest BCUT2D eigenvalue weighted by Gasteiger charge is 2.29. The Morgan fingerprint density at radius 3 is 2.81 bits per heavy atom. The van der Waals surface area contributed by atoms with Crippen molar-refractivity contribution in [1.29, 1.82) is 0 Å². The first kappa shape index (κ1) is 18.1. The number of ether oxygens (including phenoxy) is 1. The summed E-state index contributed by atoms with van der Waals surface area (Å²) >= 11 is 1.30. The van der Waals surface area contributed by atoms with Crippen LogP contribution < -0.4 is 5.32 Å². The lowest BCUT2D eigenvalue weighted by Gasteiger charge is -2.30. The third-order valence-corrected chi connectivity index (χ3v) is 4.96. The van der Waals surface area contributed by atoms with Crippen LogP contribution in [-0.4, -0.2) is 47.4 Å². The van der Waals surface area contributed by atoms with Gasteiger partial charge in [-0.3, -0.25) is 19.7 Å². The van der Waals surface area contributed by atoms with Crippen molar-refractivity contribution in [2.75, 3.05) is 25.0 Å². The van der Waals surface area contributed by atoms with E-state index in [0.29, 0.717) is 37.4 Å². The second kappa shape index (κ2) is 8.13. The molecule has 0 atom stereocenters. The first-order valence-electron chi connectivity index (χ1n) is 8.34. The summed E-state index contributed by atoms with van der Waals surface area (Å²) in [5.74, 6) is -1.000. The lowest BCUT2D eigenvalue weighted by molar-refractivity contribution is -0.149. The summed E-state index contributed by atoms with van der Waals surface area (Å²) in [6, 6.07) is 3.43. The second-order valence-electron chi connectivity index (χ2n) is 5.79. The van der Waals surface area contributed by atoms with Crippen LogP contribution in [0, 0.1) is 5.92 Å². The summed E-state index contributed by atoms with van der Waals surface area (Å²) in [6.07, 6.45) is 2.35. The van der Waals surface area contributed by atoms with Crippen molar-refractivity contribution in [2.45, 2.75) is 19.8 Å². The van der Waals surface area contributed by atoms with Crippen molar-refractivity contribution in [1.82, 2.24) is 9.88 Å². The summed E-state index contributed by atoms with van der Waals surface area (Å²) in [6.45, 7) is 3.03. The van der Waals surface area contributed by atoms with Gasteiger partial charge in [0.1, 0.15) is 6.26 Å². The molecule has 2 aromatic rings. The van der Waals surface area contributed by atoms with Crippen LogP contribution in [0.2, 0.25) is 0 Å². The van der Waals surface area contributed by atoms with Crippen LogP contribution in [0.3, 0.4) is 0 Å². The van der Waals surface area contributed by atoms with E-state index >= 15 is 0 Å². The van der Waals surface area contributed by atoms with Crippen LogP contribution in [0.4, 0.5) is 6.01 Å². The van der Waals surface area contributed by atoms with Gasteiger partial charge in [0.25, 0.3) is 11.8 Å². The van der Waals surface area contributed by atoms with E-state index in [0.717, 1.165) is 0 Å². The summed E-state index contributed by atoms with van der Waals surface area (Å²) in [5, 5.41) is 4.31. The van der Waals surface area contributed by atoms with Crippen molar-refractivity contribution in [3.63, 3.8) is 0 Å². The molecule has 9 heteroatoms. The van der Waals surface area contributed by atoms with Gasteiger partial charge in [-0.25, -0.2) is 0 Å². The fourth-order valence-electron chi connectivity index (χ4n) is 2.74. The van der Waals surface area contributed by atoms with Gasteiger partial charge in [-0.05, 0) is 31.2 Å². The Morgan fingerprint density at radius 1 is 1.38 bits per heavy atom. The SMILES string of the molecule is CCOC(=O)C1CCN(C(=O)c2coc(NC(=O)c3cccs3)n2)CC1. The molecular weight excluding hydrogens is 358 g/mol.